The summed E-state index contributed by atoms with van der Waals surface area (Å²) in [6.45, 7) is 0. The standard InChI is InChI=1S/C6H7OP.2ClH/c7-8-6-4-2-1-3-5-6;;/h1-5,7-8H;2*1H. The van der Waals surface area contributed by atoms with Crippen LogP contribution in [0.5, 0.6) is 0 Å². The van der Waals surface area contributed by atoms with E-state index >= 15 is 0 Å². The van der Waals surface area contributed by atoms with E-state index in [1.54, 1.807) is 0 Å². The SMILES string of the molecule is Cl.Cl.OPc1ccccc1. The van der Waals surface area contributed by atoms with Gasteiger partial charge < -0.3 is 4.89 Å². The van der Waals surface area contributed by atoms with E-state index in [1.165, 1.54) is 0 Å². The van der Waals surface area contributed by atoms with E-state index in [0.717, 1.165) is 5.30 Å². The van der Waals surface area contributed by atoms with Gasteiger partial charge in [0, 0.05) is 8.81 Å². The third-order valence-electron chi connectivity index (χ3n) is 0.903. The Morgan fingerprint density at radius 3 is 1.80 bits per heavy atom. The first-order valence-electron chi connectivity index (χ1n) is 2.38. The van der Waals surface area contributed by atoms with Crippen molar-refractivity contribution >= 4 is 38.9 Å². The van der Waals surface area contributed by atoms with Gasteiger partial charge in [0.2, 0.25) is 0 Å². The Morgan fingerprint density at radius 2 is 1.50 bits per heavy atom. The van der Waals surface area contributed by atoms with Crippen LogP contribution in [0.2, 0.25) is 0 Å². The van der Waals surface area contributed by atoms with E-state index in [4.69, 9.17) is 4.89 Å². The molecule has 0 radical (unpaired) electrons. The molecule has 0 heterocycles. The third-order valence-corrected chi connectivity index (χ3v) is 1.49. The second-order valence-electron chi connectivity index (χ2n) is 1.48. The largest absolute Gasteiger partial charge is 0.372 e. The van der Waals surface area contributed by atoms with Gasteiger partial charge in [-0.2, -0.15) is 0 Å². The molecule has 0 bridgehead atoms. The quantitative estimate of drug-likeness (QED) is 0.683. The van der Waals surface area contributed by atoms with Crippen LogP contribution in [0.15, 0.2) is 30.3 Å². The number of hydrogen-bond acceptors (Lipinski definition) is 1. The molecule has 0 fully saturated rings. The third kappa shape index (κ3) is 4.08. The molecule has 58 valence electrons. The average Bonchev–Trinajstić information content (AvgIpc) is 1.90. The summed E-state index contributed by atoms with van der Waals surface area (Å²) >= 11 is 0. The molecular formula is C6H9Cl2OP. The highest BCUT2D eigenvalue weighted by Gasteiger charge is 1.81. The topological polar surface area (TPSA) is 20.2 Å². The Hall–Kier alpha value is 0.190. The van der Waals surface area contributed by atoms with E-state index in [2.05, 4.69) is 0 Å². The Kier molecular flexibility index (Phi) is 9.36. The zero-order valence-corrected chi connectivity index (χ0v) is 7.78. The molecule has 0 saturated carbocycles. The summed E-state index contributed by atoms with van der Waals surface area (Å²) in [5.74, 6) is 0. The van der Waals surface area contributed by atoms with E-state index < -0.39 is 0 Å². The predicted molar refractivity (Wildman–Crippen MR) is 51.1 cm³/mol. The van der Waals surface area contributed by atoms with Crippen molar-refractivity contribution in [3.05, 3.63) is 30.3 Å². The highest BCUT2D eigenvalue weighted by atomic mass is 35.5. The van der Waals surface area contributed by atoms with Crippen molar-refractivity contribution in [2.45, 2.75) is 0 Å². The molecule has 1 nitrogen and oxygen atoms in total. The first-order valence-corrected chi connectivity index (χ1v) is 3.33. The molecule has 0 aliphatic heterocycles. The Labute approximate surface area is 74.5 Å². The minimum Gasteiger partial charge on any atom is -0.372 e. The average molecular weight is 199 g/mol. The van der Waals surface area contributed by atoms with Gasteiger partial charge in [-0.15, -0.1) is 24.8 Å². The van der Waals surface area contributed by atoms with Crippen LogP contribution >= 0.6 is 33.6 Å². The van der Waals surface area contributed by atoms with Crippen molar-refractivity contribution in [1.82, 2.24) is 0 Å². The predicted octanol–water partition coefficient (Wildman–Crippen LogP) is 1.74. The molecule has 0 saturated heterocycles. The number of hydrogen-bond donors (Lipinski definition) is 1. The van der Waals surface area contributed by atoms with E-state index in [1.807, 2.05) is 30.3 Å². The van der Waals surface area contributed by atoms with Gasteiger partial charge in [0.25, 0.3) is 0 Å². The highest BCUT2D eigenvalue weighted by molar-refractivity contribution is 7.40. The van der Waals surface area contributed by atoms with Crippen LogP contribution in [0.3, 0.4) is 0 Å². The van der Waals surface area contributed by atoms with Crippen molar-refractivity contribution in [2.75, 3.05) is 0 Å². The van der Waals surface area contributed by atoms with Crippen LogP contribution in [-0.2, 0) is 0 Å². The van der Waals surface area contributed by atoms with Crippen LogP contribution in [0.4, 0.5) is 0 Å². The Bertz CT molecular complexity index is 157. The summed E-state index contributed by atoms with van der Waals surface area (Å²) in [4.78, 5) is 8.57. The second kappa shape index (κ2) is 7.30. The minimum atomic E-state index is -0.0700. The summed E-state index contributed by atoms with van der Waals surface area (Å²) in [6, 6.07) is 9.57. The molecule has 0 aromatic heterocycles. The molecule has 1 aromatic carbocycles. The molecule has 0 spiro atoms. The van der Waals surface area contributed by atoms with E-state index in [-0.39, 0.29) is 33.6 Å². The fourth-order valence-electron chi connectivity index (χ4n) is 0.513. The summed E-state index contributed by atoms with van der Waals surface area (Å²) in [5, 5.41) is 0.993. The van der Waals surface area contributed by atoms with Gasteiger partial charge >= 0.3 is 0 Å². The van der Waals surface area contributed by atoms with Gasteiger partial charge in [0.15, 0.2) is 0 Å². The molecule has 1 atom stereocenters. The molecule has 0 amide bonds. The molecule has 0 aliphatic rings. The zero-order chi connectivity index (χ0) is 5.82. The first-order chi connectivity index (χ1) is 3.93. The van der Waals surface area contributed by atoms with Gasteiger partial charge in [0.05, 0.1) is 0 Å². The highest BCUT2D eigenvalue weighted by Crippen LogP contribution is 1.99. The van der Waals surface area contributed by atoms with E-state index in [0.29, 0.717) is 0 Å². The first kappa shape index (κ1) is 12.8. The maximum Gasteiger partial charge on any atom is 0.0420 e. The molecule has 1 rings (SSSR count). The lowest BCUT2D eigenvalue weighted by Gasteiger charge is -1.88. The lowest BCUT2D eigenvalue weighted by molar-refractivity contribution is 0.655. The lowest BCUT2D eigenvalue weighted by atomic mass is 10.4. The molecule has 10 heavy (non-hydrogen) atoms. The van der Waals surface area contributed by atoms with Gasteiger partial charge in [-0.05, 0) is 5.30 Å². The maximum absolute atomic E-state index is 8.57. The summed E-state index contributed by atoms with van der Waals surface area (Å²) in [5.41, 5.74) is 0. The Morgan fingerprint density at radius 1 is 1.00 bits per heavy atom. The van der Waals surface area contributed by atoms with Crippen molar-refractivity contribution in [3.63, 3.8) is 0 Å². The molecule has 1 aromatic rings. The fraction of sp³-hybridized carbons (Fsp3) is 0. The van der Waals surface area contributed by atoms with Crippen molar-refractivity contribution in [3.8, 4) is 0 Å². The number of rotatable bonds is 1. The fourth-order valence-corrected chi connectivity index (χ4v) is 0.854. The van der Waals surface area contributed by atoms with Gasteiger partial charge in [-0.25, -0.2) is 0 Å². The minimum absolute atomic E-state index is 0. The lowest BCUT2D eigenvalue weighted by Crippen LogP contribution is -1.88. The molecule has 1 N–H and O–H groups in total. The van der Waals surface area contributed by atoms with Gasteiger partial charge in [-0.1, -0.05) is 30.3 Å². The molecular weight excluding hydrogens is 190 g/mol. The van der Waals surface area contributed by atoms with Crippen molar-refractivity contribution in [1.29, 1.82) is 0 Å². The van der Waals surface area contributed by atoms with Crippen LogP contribution in [0, 0.1) is 0 Å². The van der Waals surface area contributed by atoms with Crippen LogP contribution in [0.25, 0.3) is 0 Å². The van der Waals surface area contributed by atoms with Crippen molar-refractivity contribution in [2.24, 2.45) is 0 Å². The molecule has 1 unspecified atom stereocenters. The number of halogens is 2. The molecule has 4 heteroatoms. The Balaban J connectivity index is 0. The van der Waals surface area contributed by atoms with E-state index in [9.17, 15) is 0 Å². The summed E-state index contributed by atoms with van der Waals surface area (Å²) in [7, 11) is -0.0700. The van der Waals surface area contributed by atoms with Crippen LogP contribution in [0.1, 0.15) is 0 Å². The molecule has 0 aliphatic carbocycles. The smallest absolute Gasteiger partial charge is 0.0420 e. The normalized spacial score (nSPS) is 8.50. The number of benzene rings is 1. The van der Waals surface area contributed by atoms with Crippen LogP contribution in [-0.4, -0.2) is 4.89 Å². The van der Waals surface area contributed by atoms with Crippen LogP contribution < -0.4 is 5.30 Å². The monoisotopic (exact) mass is 198 g/mol. The van der Waals surface area contributed by atoms with Crippen molar-refractivity contribution < 1.29 is 4.89 Å². The zero-order valence-electron chi connectivity index (χ0n) is 5.15. The van der Waals surface area contributed by atoms with Gasteiger partial charge in [0.1, 0.15) is 0 Å². The summed E-state index contributed by atoms with van der Waals surface area (Å²) < 4.78 is 0. The maximum atomic E-state index is 8.57. The second-order valence-corrected chi connectivity index (χ2v) is 2.28. The summed E-state index contributed by atoms with van der Waals surface area (Å²) in [6.07, 6.45) is 0. The van der Waals surface area contributed by atoms with Gasteiger partial charge in [-0.3, -0.25) is 0 Å².